The predicted octanol–water partition coefficient (Wildman–Crippen LogP) is 3.28. The van der Waals surface area contributed by atoms with E-state index in [-0.39, 0.29) is 5.91 Å². The molecule has 21 heavy (non-hydrogen) atoms. The number of carbonyl (C=O) groups is 1. The van der Waals surface area contributed by atoms with Crippen molar-refractivity contribution in [2.75, 3.05) is 31.9 Å². The van der Waals surface area contributed by atoms with Gasteiger partial charge in [0.2, 0.25) is 5.91 Å². The largest absolute Gasteiger partial charge is 0.355 e. The second-order valence-electron chi connectivity index (χ2n) is 5.34. The minimum absolute atomic E-state index is 0.147. The highest BCUT2D eigenvalue weighted by Crippen LogP contribution is 2.21. The number of hydrogen-bond acceptors (Lipinski definition) is 3. The molecule has 0 aromatic heterocycles. The van der Waals surface area contributed by atoms with Gasteiger partial charge in [-0.25, -0.2) is 0 Å². The van der Waals surface area contributed by atoms with Crippen molar-refractivity contribution >= 4 is 33.6 Å². The summed E-state index contributed by atoms with van der Waals surface area (Å²) < 4.78 is 1.11. The van der Waals surface area contributed by atoms with Crippen LogP contribution in [0.3, 0.4) is 0 Å². The van der Waals surface area contributed by atoms with E-state index in [4.69, 9.17) is 0 Å². The fraction of sp³-hybridized carbons (Fsp3) is 0.562. The number of rotatable bonds is 8. The molecule has 1 aromatic carbocycles. The lowest BCUT2D eigenvalue weighted by atomic mass is 10.2. The van der Waals surface area contributed by atoms with Crippen LogP contribution in [-0.2, 0) is 10.5 Å². The van der Waals surface area contributed by atoms with Crippen molar-refractivity contribution in [1.29, 1.82) is 0 Å². The molecule has 1 aliphatic heterocycles. The molecule has 3 nitrogen and oxygen atoms in total. The second kappa shape index (κ2) is 9.49. The van der Waals surface area contributed by atoms with Gasteiger partial charge in [-0.1, -0.05) is 34.1 Å². The van der Waals surface area contributed by atoms with E-state index in [1.165, 1.54) is 31.5 Å². The van der Waals surface area contributed by atoms with Crippen LogP contribution in [0.25, 0.3) is 0 Å². The van der Waals surface area contributed by atoms with Gasteiger partial charge >= 0.3 is 0 Å². The number of nitrogens with one attached hydrogen (secondary N) is 1. The maximum Gasteiger partial charge on any atom is 0.230 e. The molecule has 0 spiro atoms. The molecule has 1 aromatic rings. The van der Waals surface area contributed by atoms with Crippen LogP contribution in [0.15, 0.2) is 28.7 Å². The van der Waals surface area contributed by atoms with Crippen molar-refractivity contribution in [1.82, 2.24) is 10.2 Å². The molecule has 1 fully saturated rings. The van der Waals surface area contributed by atoms with E-state index < -0.39 is 0 Å². The fourth-order valence-electron chi connectivity index (χ4n) is 2.46. The van der Waals surface area contributed by atoms with Gasteiger partial charge in [-0.3, -0.25) is 4.79 Å². The summed E-state index contributed by atoms with van der Waals surface area (Å²) >= 11 is 5.19. The Balaban J connectivity index is 1.52. The van der Waals surface area contributed by atoms with Crippen LogP contribution >= 0.6 is 27.7 Å². The molecule has 116 valence electrons. The molecule has 0 aliphatic carbocycles. The fourth-order valence-corrected chi connectivity index (χ4v) is 3.93. The van der Waals surface area contributed by atoms with E-state index in [0.29, 0.717) is 5.75 Å². The molecule has 1 saturated heterocycles. The summed E-state index contributed by atoms with van der Waals surface area (Å²) in [5.41, 5.74) is 1.24. The van der Waals surface area contributed by atoms with Crippen LogP contribution in [0.4, 0.5) is 0 Å². The Hall–Kier alpha value is -0.520. The Morgan fingerprint density at radius 3 is 2.81 bits per heavy atom. The van der Waals surface area contributed by atoms with Gasteiger partial charge in [0.05, 0.1) is 5.75 Å². The highest BCUT2D eigenvalue weighted by atomic mass is 79.9. The summed E-state index contributed by atoms with van der Waals surface area (Å²) in [6.07, 6.45) is 3.72. The molecule has 2 rings (SSSR count). The van der Waals surface area contributed by atoms with Gasteiger partial charge in [-0.2, -0.15) is 0 Å². The minimum Gasteiger partial charge on any atom is -0.355 e. The van der Waals surface area contributed by atoms with Gasteiger partial charge in [-0.15, -0.1) is 11.8 Å². The summed E-state index contributed by atoms with van der Waals surface area (Å²) in [6.45, 7) is 4.38. The molecule has 0 bridgehead atoms. The van der Waals surface area contributed by atoms with Crippen LogP contribution in [0.2, 0.25) is 0 Å². The molecular weight excluding hydrogens is 348 g/mol. The molecule has 0 unspecified atom stereocenters. The topological polar surface area (TPSA) is 32.3 Å². The average Bonchev–Trinajstić information content (AvgIpc) is 2.99. The average molecular weight is 371 g/mol. The molecular formula is C16H23BrN2OS. The zero-order chi connectivity index (χ0) is 14.9. The summed E-state index contributed by atoms with van der Waals surface area (Å²) in [4.78, 5) is 14.2. The van der Waals surface area contributed by atoms with Crippen molar-refractivity contribution in [2.45, 2.75) is 25.0 Å². The van der Waals surface area contributed by atoms with Gasteiger partial charge in [-0.05, 0) is 50.5 Å². The lowest BCUT2D eigenvalue weighted by molar-refractivity contribution is -0.118. The van der Waals surface area contributed by atoms with Crippen molar-refractivity contribution in [2.24, 2.45) is 0 Å². The van der Waals surface area contributed by atoms with E-state index in [1.54, 1.807) is 11.8 Å². The number of halogens is 1. The zero-order valence-electron chi connectivity index (χ0n) is 12.3. The third-order valence-corrected chi connectivity index (χ3v) is 5.38. The van der Waals surface area contributed by atoms with Crippen molar-refractivity contribution in [3.8, 4) is 0 Å². The first kappa shape index (κ1) is 16.8. The molecule has 0 saturated carbocycles. The van der Waals surface area contributed by atoms with Crippen molar-refractivity contribution < 1.29 is 4.79 Å². The number of nitrogens with zero attached hydrogens (tertiary/aromatic N) is 1. The maximum absolute atomic E-state index is 11.8. The van der Waals surface area contributed by atoms with E-state index >= 15 is 0 Å². The third-order valence-electron chi connectivity index (χ3n) is 3.62. The summed E-state index contributed by atoms with van der Waals surface area (Å²) in [6, 6.07) is 8.16. The number of benzene rings is 1. The van der Waals surface area contributed by atoms with Gasteiger partial charge in [0, 0.05) is 16.8 Å². The number of thioether (sulfide) groups is 1. The van der Waals surface area contributed by atoms with E-state index in [9.17, 15) is 4.79 Å². The predicted molar refractivity (Wildman–Crippen MR) is 93.6 cm³/mol. The summed E-state index contributed by atoms with van der Waals surface area (Å²) in [5.74, 6) is 1.54. The molecule has 0 atom stereocenters. The van der Waals surface area contributed by atoms with Crippen molar-refractivity contribution in [3.05, 3.63) is 34.3 Å². The maximum atomic E-state index is 11.8. The SMILES string of the molecule is O=C(CSCc1ccccc1Br)NCCCN1CCCC1. The quantitative estimate of drug-likeness (QED) is 0.712. The number of carbonyl (C=O) groups excluding carboxylic acids is 1. The highest BCUT2D eigenvalue weighted by Gasteiger charge is 2.10. The lowest BCUT2D eigenvalue weighted by Gasteiger charge is -2.14. The summed E-state index contributed by atoms with van der Waals surface area (Å²) in [7, 11) is 0. The smallest absolute Gasteiger partial charge is 0.230 e. The Labute approximate surface area is 140 Å². The lowest BCUT2D eigenvalue weighted by Crippen LogP contribution is -2.29. The Kier molecular flexibility index (Phi) is 7.61. The van der Waals surface area contributed by atoms with Gasteiger partial charge < -0.3 is 10.2 Å². The normalized spacial score (nSPS) is 15.3. The first-order valence-electron chi connectivity index (χ1n) is 7.56. The molecule has 1 N–H and O–H groups in total. The second-order valence-corrected chi connectivity index (χ2v) is 7.18. The molecule has 1 heterocycles. The zero-order valence-corrected chi connectivity index (χ0v) is 14.7. The first-order valence-corrected chi connectivity index (χ1v) is 9.50. The standard InChI is InChI=1S/C16H23BrN2OS/c17-15-7-2-1-6-14(15)12-21-13-16(20)18-8-5-11-19-9-3-4-10-19/h1-2,6-7H,3-5,8-13H2,(H,18,20). The molecule has 0 radical (unpaired) electrons. The number of amides is 1. The van der Waals surface area contributed by atoms with Crippen LogP contribution in [0, 0.1) is 0 Å². The van der Waals surface area contributed by atoms with E-state index in [2.05, 4.69) is 32.2 Å². The molecule has 1 aliphatic rings. The molecule has 1 amide bonds. The van der Waals surface area contributed by atoms with Gasteiger partial charge in [0.1, 0.15) is 0 Å². The highest BCUT2D eigenvalue weighted by molar-refractivity contribution is 9.10. The number of hydrogen-bond donors (Lipinski definition) is 1. The first-order chi connectivity index (χ1) is 10.3. The van der Waals surface area contributed by atoms with Crippen LogP contribution in [-0.4, -0.2) is 42.7 Å². The minimum atomic E-state index is 0.147. The third kappa shape index (κ3) is 6.41. The number of likely N-dealkylation sites (tertiary alicyclic amines) is 1. The summed E-state index contributed by atoms with van der Waals surface area (Å²) in [5, 5.41) is 3.01. The monoisotopic (exact) mass is 370 g/mol. The van der Waals surface area contributed by atoms with Crippen LogP contribution < -0.4 is 5.32 Å². The van der Waals surface area contributed by atoms with E-state index in [0.717, 1.165) is 29.7 Å². The van der Waals surface area contributed by atoms with Gasteiger partial charge in [0.25, 0.3) is 0 Å². The molecule has 5 heteroatoms. The Bertz CT molecular complexity index is 450. The van der Waals surface area contributed by atoms with Crippen LogP contribution in [0.1, 0.15) is 24.8 Å². The Morgan fingerprint density at radius 1 is 1.29 bits per heavy atom. The van der Waals surface area contributed by atoms with Crippen LogP contribution in [0.5, 0.6) is 0 Å². The van der Waals surface area contributed by atoms with E-state index in [1.807, 2.05) is 18.2 Å². The Morgan fingerprint density at radius 2 is 2.05 bits per heavy atom. The van der Waals surface area contributed by atoms with Gasteiger partial charge in [0.15, 0.2) is 0 Å². The van der Waals surface area contributed by atoms with Crippen molar-refractivity contribution in [3.63, 3.8) is 0 Å².